The van der Waals surface area contributed by atoms with Crippen molar-refractivity contribution in [1.29, 1.82) is 0 Å². The molecule has 0 saturated heterocycles. The first-order chi connectivity index (χ1) is 10.7. The number of hydrogen-bond acceptors (Lipinski definition) is 4. The minimum atomic E-state index is 0.575. The first-order valence-electron chi connectivity index (χ1n) is 6.97. The number of nitrogens with one attached hydrogen (secondary N) is 2. The maximum Gasteiger partial charge on any atom is 0.166 e. The standard InChI is InChI=1S/C16H20N2O3S/c1-19-14-8-12(9-15(10-14)20-2)5-6-17-16(22)18-11-13-4-3-7-21-13/h3-4,7-10H,5-6,11H2,1-2H3,(H2,17,18,22). The first kappa shape index (κ1) is 16.2. The lowest BCUT2D eigenvalue weighted by molar-refractivity contribution is 0.393. The van der Waals surface area contributed by atoms with Crippen molar-refractivity contribution in [1.82, 2.24) is 10.6 Å². The molecule has 2 rings (SSSR count). The van der Waals surface area contributed by atoms with Gasteiger partial charge in [0.15, 0.2) is 5.11 Å². The summed E-state index contributed by atoms with van der Waals surface area (Å²) in [5, 5.41) is 6.86. The van der Waals surface area contributed by atoms with E-state index in [0.717, 1.165) is 35.8 Å². The molecule has 6 heteroatoms. The van der Waals surface area contributed by atoms with Gasteiger partial charge in [-0.2, -0.15) is 0 Å². The summed E-state index contributed by atoms with van der Waals surface area (Å²) in [6, 6.07) is 9.58. The molecule has 0 saturated carbocycles. The molecule has 0 radical (unpaired) electrons. The van der Waals surface area contributed by atoms with Crippen molar-refractivity contribution in [2.75, 3.05) is 20.8 Å². The van der Waals surface area contributed by atoms with Crippen molar-refractivity contribution in [3.8, 4) is 11.5 Å². The highest BCUT2D eigenvalue weighted by Gasteiger charge is 2.03. The third kappa shape index (κ3) is 4.96. The largest absolute Gasteiger partial charge is 0.497 e. The van der Waals surface area contributed by atoms with Gasteiger partial charge in [-0.05, 0) is 48.5 Å². The highest BCUT2D eigenvalue weighted by molar-refractivity contribution is 7.80. The van der Waals surface area contributed by atoms with Crippen LogP contribution in [0.1, 0.15) is 11.3 Å². The van der Waals surface area contributed by atoms with E-state index < -0.39 is 0 Å². The van der Waals surface area contributed by atoms with E-state index in [-0.39, 0.29) is 0 Å². The summed E-state index contributed by atoms with van der Waals surface area (Å²) >= 11 is 5.23. The fraction of sp³-hybridized carbons (Fsp3) is 0.312. The monoisotopic (exact) mass is 320 g/mol. The van der Waals surface area contributed by atoms with Crippen molar-refractivity contribution in [3.05, 3.63) is 47.9 Å². The number of benzene rings is 1. The summed E-state index contributed by atoms with van der Waals surface area (Å²) in [6.45, 7) is 1.30. The second kappa shape index (κ2) is 8.29. The van der Waals surface area contributed by atoms with Crippen LogP contribution in [0.15, 0.2) is 41.0 Å². The van der Waals surface area contributed by atoms with Gasteiger partial charge in [0, 0.05) is 12.6 Å². The van der Waals surface area contributed by atoms with Gasteiger partial charge in [0.1, 0.15) is 17.3 Å². The Morgan fingerprint density at radius 2 is 1.86 bits per heavy atom. The van der Waals surface area contributed by atoms with Crippen molar-refractivity contribution in [2.24, 2.45) is 0 Å². The molecule has 0 atom stereocenters. The fourth-order valence-corrected chi connectivity index (χ4v) is 2.15. The van der Waals surface area contributed by atoms with Gasteiger partial charge in [0.25, 0.3) is 0 Å². The van der Waals surface area contributed by atoms with Crippen LogP contribution >= 0.6 is 12.2 Å². The van der Waals surface area contributed by atoms with Crippen molar-refractivity contribution in [2.45, 2.75) is 13.0 Å². The van der Waals surface area contributed by atoms with Crippen LogP contribution in [-0.2, 0) is 13.0 Å². The molecule has 0 bridgehead atoms. The summed E-state index contributed by atoms with van der Waals surface area (Å²) in [6.07, 6.45) is 2.46. The van der Waals surface area contributed by atoms with Gasteiger partial charge >= 0.3 is 0 Å². The van der Waals surface area contributed by atoms with Gasteiger partial charge in [-0.15, -0.1) is 0 Å². The van der Waals surface area contributed by atoms with Gasteiger partial charge in [-0.3, -0.25) is 0 Å². The lowest BCUT2D eigenvalue weighted by Crippen LogP contribution is -2.35. The Labute approximate surface area is 135 Å². The fourth-order valence-electron chi connectivity index (χ4n) is 1.97. The zero-order chi connectivity index (χ0) is 15.8. The molecule has 5 nitrogen and oxygen atoms in total. The van der Waals surface area contributed by atoms with Crippen LogP contribution in [-0.4, -0.2) is 25.9 Å². The van der Waals surface area contributed by atoms with Gasteiger partial charge in [-0.1, -0.05) is 0 Å². The van der Waals surface area contributed by atoms with E-state index in [2.05, 4.69) is 10.6 Å². The van der Waals surface area contributed by atoms with Crippen LogP contribution in [0, 0.1) is 0 Å². The normalized spacial score (nSPS) is 10.1. The van der Waals surface area contributed by atoms with E-state index in [1.54, 1.807) is 20.5 Å². The van der Waals surface area contributed by atoms with E-state index in [0.29, 0.717) is 11.7 Å². The summed E-state index contributed by atoms with van der Waals surface area (Å²) in [5.74, 6) is 2.42. The molecule has 2 N–H and O–H groups in total. The van der Waals surface area contributed by atoms with Crippen LogP contribution in [0.5, 0.6) is 11.5 Å². The van der Waals surface area contributed by atoms with E-state index in [9.17, 15) is 0 Å². The molecule has 0 unspecified atom stereocenters. The van der Waals surface area contributed by atoms with Gasteiger partial charge in [0.05, 0.1) is 27.0 Å². The number of ether oxygens (including phenoxy) is 2. The summed E-state index contributed by atoms with van der Waals surface area (Å²) < 4.78 is 15.7. The molecular weight excluding hydrogens is 300 g/mol. The average molecular weight is 320 g/mol. The van der Waals surface area contributed by atoms with Gasteiger partial charge in [0.2, 0.25) is 0 Å². The SMILES string of the molecule is COc1cc(CCNC(=S)NCc2ccco2)cc(OC)c1. The molecule has 2 aromatic rings. The summed E-state index contributed by atoms with van der Waals surface area (Å²) in [7, 11) is 3.29. The van der Waals surface area contributed by atoms with Crippen LogP contribution in [0.25, 0.3) is 0 Å². The Morgan fingerprint density at radius 1 is 1.14 bits per heavy atom. The third-order valence-corrected chi connectivity index (χ3v) is 3.40. The summed E-state index contributed by atoms with van der Waals surface area (Å²) in [5.41, 5.74) is 1.12. The van der Waals surface area contributed by atoms with Crippen LogP contribution in [0.4, 0.5) is 0 Å². The molecule has 118 valence electrons. The molecule has 0 fully saturated rings. The molecule has 0 amide bonds. The van der Waals surface area contributed by atoms with E-state index in [1.165, 1.54) is 0 Å². The molecule has 22 heavy (non-hydrogen) atoms. The Balaban J connectivity index is 1.76. The molecule has 0 aliphatic rings. The van der Waals surface area contributed by atoms with Gasteiger partial charge < -0.3 is 24.5 Å². The van der Waals surface area contributed by atoms with Crippen LogP contribution in [0.3, 0.4) is 0 Å². The minimum Gasteiger partial charge on any atom is -0.497 e. The lowest BCUT2D eigenvalue weighted by Gasteiger charge is -2.11. The zero-order valence-electron chi connectivity index (χ0n) is 12.7. The van der Waals surface area contributed by atoms with E-state index >= 15 is 0 Å². The highest BCUT2D eigenvalue weighted by Crippen LogP contribution is 2.22. The second-order valence-corrected chi connectivity index (χ2v) is 5.07. The molecule has 1 aromatic heterocycles. The Kier molecular flexibility index (Phi) is 6.09. The Hall–Kier alpha value is -2.21. The average Bonchev–Trinajstić information content (AvgIpc) is 3.06. The van der Waals surface area contributed by atoms with Crippen molar-refractivity contribution < 1.29 is 13.9 Å². The van der Waals surface area contributed by atoms with Crippen LogP contribution < -0.4 is 20.1 Å². The molecule has 0 aliphatic heterocycles. The van der Waals surface area contributed by atoms with E-state index in [1.807, 2.05) is 30.3 Å². The lowest BCUT2D eigenvalue weighted by atomic mass is 10.1. The topological polar surface area (TPSA) is 55.7 Å². The highest BCUT2D eigenvalue weighted by atomic mass is 32.1. The smallest absolute Gasteiger partial charge is 0.166 e. The molecule has 0 spiro atoms. The van der Waals surface area contributed by atoms with Crippen molar-refractivity contribution in [3.63, 3.8) is 0 Å². The Bertz CT molecular complexity index is 577. The molecule has 1 aromatic carbocycles. The number of rotatable bonds is 7. The van der Waals surface area contributed by atoms with E-state index in [4.69, 9.17) is 26.1 Å². The van der Waals surface area contributed by atoms with Crippen molar-refractivity contribution >= 4 is 17.3 Å². The number of thiocarbonyl (C=S) groups is 1. The Morgan fingerprint density at radius 3 is 2.45 bits per heavy atom. The maximum atomic E-state index is 5.26. The second-order valence-electron chi connectivity index (χ2n) is 4.66. The predicted molar refractivity (Wildman–Crippen MR) is 89.4 cm³/mol. The number of hydrogen-bond donors (Lipinski definition) is 2. The van der Waals surface area contributed by atoms with Gasteiger partial charge in [-0.25, -0.2) is 0 Å². The first-order valence-corrected chi connectivity index (χ1v) is 7.38. The number of methoxy groups -OCH3 is 2. The third-order valence-electron chi connectivity index (χ3n) is 3.11. The minimum absolute atomic E-state index is 0.575. The quantitative estimate of drug-likeness (QED) is 0.765. The molecule has 0 aliphatic carbocycles. The number of furan rings is 1. The molecule has 1 heterocycles. The zero-order valence-corrected chi connectivity index (χ0v) is 13.5. The predicted octanol–water partition coefficient (Wildman–Crippen LogP) is 2.50. The summed E-state index contributed by atoms with van der Waals surface area (Å²) in [4.78, 5) is 0. The molecular formula is C16H20N2O3S. The van der Waals surface area contributed by atoms with Crippen LogP contribution in [0.2, 0.25) is 0 Å². The maximum absolute atomic E-state index is 5.26.